The second kappa shape index (κ2) is 8.85. The maximum absolute atomic E-state index is 12.4. The average Bonchev–Trinajstić information content (AvgIpc) is 2.62. The Morgan fingerprint density at radius 1 is 1.22 bits per heavy atom. The van der Waals surface area contributed by atoms with Crippen LogP contribution in [0.5, 0.6) is 11.5 Å². The number of nitrogens with one attached hydrogen (secondary N) is 2. The van der Waals surface area contributed by atoms with E-state index >= 15 is 0 Å². The zero-order valence-corrected chi connectivity index (χ0v) is 14.6. The van der Waals surface area contributed by atoms with Crippen LogP contribution in [0.1, 0.15) is 10.4 Å². The van der Waals surface area contributed by atoms with Gasteiger partial charge < -0.3 is 14.8 Å². The van der Waals surface area contributed by atoms with Crippen molar-refractivity contribution in [2.24, 2.45) is 0 Å². The number of carbonyl (C=O) groups is 1. The molecule has 0 heterocycles. The van der Waals surface area contributed by atoms with Gasteiger partial charge in [-0.15, -0.1) is 0 Å². The first-order valence-corrected chi connectivity index (χ1v) is 7.71. The van der Waals surface area contributed by atoms with Crippen LogP contribution in [-0.4, -0.2) is 29.7 Å². The maximum atomic E-state index is 12.4. The van der Waals surface area contributed by atoms with Crippen molar-refractivity contribution in [1.82, 2.24) is 5.32 Å². The van der Waals surface area contributed by atoms with Crippen LogP contribution in [0.2, 0.25) is 0 Å². The number of methoxy groups -OCH3 is 1. The minimum Gasteiger partial charge on any atom is -0.490 e. The number of nitrogens with zero attached hydrogens (tertiary/aromatic N) is 1. The van der Waals surface area contributed by atoms with E-state index in [1.54, 1.807) is 6.07 Å². The molecule has 8 nitrogen and oxygen atoms in total. The Bertz CT molecular complexity index is 879. The number of carbonyl (C=O) groups excluding carboxylic acids is 1. The van der Waals surface area contributed by atoms with Gasteiger partial charge in [-0.3, -0.25) is 20.2 Å². The van der Waals surface area contributed by atoms with Crippen molar-refractivity contribution in [2.75, 3.05) is 12.4 Å². The topological polar surface area (TPSA) is 103 Å². The number of halogens is 2. The molecule has 0 fully saturated rings. The largest absolute Gasteiger partial charge is 0.490 e. The molecule has 0 unspecified atom stereocenters. The van der Waals surface area contributed by atoms with E-state index in [4.69, 9.17) is 17.0 Å². The van der Waals surface area contributed by atoms with E-state index < -0.39 is 17.4 Å². The third-order valence-electron chi connectivity index (χ3n) is 3.22. The van der Waals surface area contributed by atoms with Crippen LogP contribution in [-0.2, 0) is 0 Å². The number of alkyl halides is 2. The van der Waals surface area contributed by atoms with E-state index in [1.165, 1.54) is 37.4 Å². The molecule has 0 aliphatic heterocycles. The highest BCUT2D eigenvalue weighted by Crippen LogP contribution is 2.28. The summed E-state index contributed by atoms with van der Waals surface area (Å²) in [5, 5.41) is 15.7. The average molecular weight is 397 g/mol. The highest BCUT2D eigenvalue weighted by Gasteiger charge is 2.19. The molecule has 0 atom stereocenters. The summed E-state index contributed by atoms with van der Waals surface area (Å²) < 4.78 is 34.0. The summed E-state index contributed by atoms with van der Waals surface area (Å²) in [4.78, 5) is 22.6. The van der Waals surface area contributed by atoms with Gasteiger partial charge in [-0.25, -0.2) is 0 Å². The number of nitro benzene ring substituents is 1. The van der Waals surface area contributed by atoms with Gasteiger partial charge in [-0.05, 0) is 36.5 Å². The van der Waals surface area contributed by atoms with Crippen LogP contribution in [0, 0.1) is 10.1 Å². The van der Waals surface area contributed by atoms with Crippen molar-refractivity contribution < 1.29 is 28.0 Å². The second-order valence-electron chi connectivity index (χ2n) is 4.93. The maximum Gasteiger partial charge on any atom is 0.387 e. The number of amides is 1. The molecule has 0 aliphatic rings. The van der Waals surface area contributed by atoms with Crippen molar-refractivity contribution in [3.05, 3.63) is 58.1 Å². The molecule has 11 heteroatoms. The van der Waals surface area contributed by atoms with Crippen molar-refractivity contribution in [2.45, 2.75) is 6.61 Å². The molecule has 0 saturated carbocycles. The number of nitro groups is 1. The molecule has 2 N–H and O–H groups in total. The van der Waals surface area contributed by atoms with Crippen molar-refractivity contribution in [3.63, 3.8) is 0 Å². The standard InChI is InChI=1S/C16H13F2N3O5S/c1-25-13-7-6-9(8-11(13)21(23)24)14(22)20-16(27)19-10-4-2-3-5-12(10)26-15(17)18/h2-8,15H,1H3,(H2,19,20,22,27). The predicted octanol–water partition coefficient (Wildman–Crippen LogP) is 3.33. The van der Waals surface area contributed by atoms with Crippen molar-refractivity contribution in [3.8, 4) is 11.5 Å². The molecule has 1 amide bonds. The van der Waals surface area contributed by atoms with Gasteiger partial charge in [0.15, 0.2) is 10.9 Å². The third kappa shape index (κ3) is 5.31. The Morgan fingerprint density at radius 3 is 2.56 bits per heavy atom. The monoisotopic (exact) mass is 397 g/mol. The molecule has 2 aromatic carbocycles. The smallest absolute Gasteiger partial charge is 0.387 e. The quantitative estimate of drug-likeness (QED) is 0.438. The molecular weight excluding hydrogens is 384 g/mol. The molecule has 0 saturated heterocycles. The molecule has 27 heavy (non-hydrogen) atoms. The molecular formula is C16H13F2N3O5S. The van der Waals surface area contributed by atoms with Gasteiger partial charge in [0.25, 0.3) is 5.91 Å². The normalized spacial score (nSPS) is 10.2. The summed E-state index contributed by atoms with van der Waals surface area (Å²) in [6.07, 6.45) is 0. The highest BCUT2D eigenvalue weighted by molar-refractivity contribution is 7.80. The molecule has 142 valence electrons. The fourth-order valence-corrected chi connectivity index (χ4v) is 2.27. The first-order valence-electron chi connectivity index (χ1n) is 7.30. The number of thiocarbonyl (C=S) groups is 1. The Labute approximate surface area is 157 Å². The van der Waals surface area contributed by atoms with E-state index in [-0.39, 0.29) is 33.5 Å². The third-order valence-corrected chi connectivity index (χ3v) is 3.42. The van der Waals surface area contributed by atoms with Gasteiger partial charge in [0.2, 0.25) is 0 Å². The molecule has 0 spiro atoms. The van der Waals surface area contributed by atoms with Crippen LogP contribution < -0.4 is 20.1 Å². The fraction of sp³-hybridized carbons (Fsp3) is 0.125. The van der Waals surface area contributed by atoms with Crippen molar-refractivity contribution >= 4 is 34.6 Å². The number of hydrogen-bond acceptors (Lipinski definition) is 6. The minimum atomic E-state index is -3.03. The minimum absolute atomic E-state index is 0.00433. The van der Waals surface area contributed by atoms with Gasteiger partial charge >= 0.3 is 12.3 Å². The van der Waals surface area contributed by atoms with Crippen LogP contribution in [0.4, 0.5) is 20.2 Å². The lowest BCUT2D eigenvalue weighted by molar-refractivity contribution is -0.385. The lowest BCUT2D eigenvalue weighted by atomic mass is 10.1. The van der Waals surface area contributed by atoms with Crippen LogP contribution in [0.25, 0.3) is 0 Å². The summed E-state index contributed by atoms with van der Waals surface area (Å²) in [7, 11) is 1.26. The Balaban J connectivity index is 2.12. The molecule has 2 aromatic rings. The van der Waals surface area contributed by atoms with Gasteiger partial charge in [0.05, 0.1) is 17.7 Å². The predicted molar refractivity (Wildman–Crippen MR) is 96.4 cm³/mol. The summed E-state index contributed by atoms with van der Waals surface area (Å²) in [6.45, 7) is -3.03. The summed E-state index contributed by atoms with van der Waals surface area (Å²) in [5.74, 6) is -0.898. The van der Waals surface area contributed by atoms with E-state index in [0.29, 0.717) is 0 Å². The Hall–Kier alpha value is -3.34. The van der Waals surface area contributed by atoms with Crippen LogP contribution in [0.15, 0.2) is 42.5 Å². The first kappa shape index (κ1) is 20.0. The highest BCUT2D eigenvalue weighted by atomic mass is 32.1. The number of ether oxygens (including phenoxy) is 2. The fourth-order valence-electron chi connectivity index (χ4n) is 2.07. The van der Waals surface area contributed by atoms with Gasteiger partial charge in [-0.1, -0.05) is 12.1 Å². The zero-order valence-electron chi connectivity index (χ0n) is 13.8. The molecule has 0 aromatic heterocycles. The number of benzene rings is 2. The van der Waals surface area contributed by atoms with E-state index in [1.807, 2.05) is 0 Å². The molecule has 0 radical (unpaired) electrons. The molecule has 0 aliphatic carbocycles. The van der Waals surface area contributed by atoms with Crippen LogP contribution in [0.3, 0.4) is 0 Å². The Kier molecular flexibility index (Phi) is 6.55. The van der Waals surface area contributed by atoms with E-state index in [9.17, 15) is 23.7 Å². The van der Waals surface area contributed by atoms with Gasteiger partial charge in [0.1, 0.15) is 5.75 Å². The summed E-state index contributed by atoms with van der Waals surface area (Å²) >= 11 is 4.97. The zero-order chi connectivity index (χ0) is 20.0. The lowest BCUT2D eigenvalue weighted by Crippen LogP contribution is -2.34. The summed E-state index contributed by atoms with van der Waals surface area (Å²) in [6, 6.07) is 9.39. The number of rotatable bonds is 6. The second-order valence-corrected chi connectivity index (χ2v) is 5.33. The molecule has 0 bridgehead atoms. The summed E-state index contributed by atoms with van der Waals surface area (Å²) in [5.41, 5.74) is -0.313. The lowest BCUT2D eigenvalue weighted by Gasteiger charge is -2.13. The van der Waals surface area contributed by atoms with Gasteiger partial charge in [-0.2, -0.15) is 8.78 Å². The van der Waals surface area contributed by atoms with Crippen LogP contribution >= 0.6 is 12.2 Å². The molecule has 2 rings (SSSR count). The number of anilines is 1. The number of hydrogen-bond donors (Lipinski definition) is 2. The SMILES string of the molecule is COc1ccc(C(=O)NC(=S)Nc2ccccc2OC(F)F)cc1[N+](=O)[O-]. The Morgan fingerprint density at radius 2 is 1.93 bits per heavy atom. The first-order chi connectivity index (χ1) is 12.8. The van der Waals surface area contributed by atoms with Gasteiger partial charge in [0, 0.05) is 11.6 Å². The van der Waals surface area contributed by atoms with Crippen molar-refractivity contribution in [1.29, 1.82) is 0 Å². The van der Waals surface area contributed by atoms with E-state index in [2.05, 4.69) is 15.4 Å². The van der Waals surface area contributed by atoms with E-state index in [0.717, 1.165) is 6.07 Å². The number of para-hydroxylation sites is 2.